The first-order chi connectivity index (χ1) is 16.2. The summed E-state index contributed by atoms with van der Waals surface area (Å²) in [6.07, 6.45) is 3.46. The number of anilines is 1. The van der Waals surface area contributed by atoms with Gasteiger partial charge in [-0.25, -0.2) is 0 Å². The van der Waals surface area contributed by atoms with Crippen LogP contribution in [0.3, 0.4) is 0 Å². The summed E-state index contributed by atoms with van der Waals surface area (Å²) in [4.78, 5) is 16.9. The van der Waals surface area contributed by atoms with Crippen LogP contribution in [0, 0.1) is 0 Å². The molecule has 3 heterocycles. The first kappa shape index (κ1) is 21.0. The number of rotatable bonds is 7. The molecule has 1 amide bonds. The predicted octanol–water partition coefficient (Wildman–Crippen LogP) is 5.00. The molecule has 0 atom stereocenters. The quantitative estimate of drug-likeness (QED) is 0.342. The zero-order valence-corrected chi connectivity index (χ0v) is 18.9. The Kier molecular flexibility index (Phi) is 5.70. The molecule has 2 aromatic carbocycles. The number of carbonyl (C=O) groups excluding carboxylic acids is 1. The van der Waals surface area contributed by atoms with Gasteiger partial charge in [0, 0.05) is 41.3 Å². The summed E-state index contributed by atoms with van der Waals surface area (Å²) in [6.45, 7) is 2.69. The Morgan fingerprint density at radius 3 is 2.79 bits per heavy atom. The summed E-state index contributed by atoms with van der Waals surface area (Å²) in [5, 5.41) is 14.1. The van der Waals surface area contributed by atoms with Gasteiger partial charge in [0.05, 0.1) is 18.6 Å². The van der Waals surface area contributed by atoms with Gasteiger partial charge in [-0.3, -0.25) is 9.78 Å². The number of nitrogens with zero attached hydrogens (tertiary/aromatic N) is 4. The highest BCUT2D eigenvalue weighted by Crippen LogP contribution is 2.36. The van der Waals surface area contributed by atoms with Crippen molar-refractivity contribution in [3.63, 3.8) is 0 Å². The van der Waals surface area contributed by atoms with Gasteiger partial charge in [0.25, 0.3) is 0 Å². The molecule has 0 aliphatic rings. The number of hydrogen-bond donors (Lipinski definition) is 1. The highest BCUT2D eigenvalue weighted by molar-refractivity contribution is 7.99. The fraction of sp³-hybridized carbons (Fsp3) is 0.167. The van der Waals surface area contributed by atoms with E-state index in [9.17, 15) is 4.79 Å². The van der Waals surface area contributed by atoms with E-state index in [0.29, 0.717) is 28.7 Å². The van der Waals surface area contributed by atoms with E-state index >= 15 is 0 Å². The number of methoxy groups -OCH3 is 1. The van der Waals surface area contributed by atoms with Crippen molar-refractivity contribution < 1.29 is 13.9 Å². The van der Waals surface area contributed by atoms with E-state index in [1.54, 1.807) is 25.6 Å². The van der Waals surface area contributed by atoms with Crippen LogP contribution in [-0.2, 0) is 11.3 Å². The van der Waals surface area contributed by atoms with E-state index in [4.69, 9.17) is 9.15 Å². The number of aromatic nitrogens is 4. The molecule has 0 spiro atoms. The first-order valence-corrected chi connectivity index (χ1v) is 11.4. The molecule has 0 fully saturated rings. The number of furan rings is 1. The fourth-order valence-corrected chi connectivity index (χ4v) is 4.53. The molecule has 5 aromatic rings. The highest BCUT2D eigenvalue weighted by atomic mass is 32.2. The number of pyridine rings is 1. The molecular formula is C24H21N5O3S. The van der Waals surface area contributed by atoms with Crippen LogP contribution in [0.1, 0.15) is 6.92 Å². The van der Waals surface area contributed by atoms with E-state index in [1.165, 1.54) is 11.8 Å². The molecule has 5 rings (SSSR count). The Labute approximate surface area is 194 Å². The molecule has 0 aliphatic heterocycles. The molecule has 33 heavy (non-hydrogen) atoms. The molecule has 3 aromatic heterocycles. The molecule has 0 saturated carbocycles. The van der Waals surface area contributed by atoms with Crippen molar-refractivity contribution in [2.45, 2.75) is 18.6 Å². The van der Waals surface area contributed by atoms with Gasteiger partial charge in [-0.05, 0) is 31.2 Å². The van der Waals surface area contributed by atoms with Crippen molar-refractivity contribution in [2.75, 3.05) is 18.2 Å². The summed E-state index contributed by atoms with van der Waals surface area (Å²) in [5.74, 6) is 1.29. The van der Waals surface area contributed by atoms with E-state index in [-0.39, 0.29) is 11.7 Å². The molecule has 1 N–H and O–H groups in total. The third-order valence-corrected chi connectivity index (χ3v) is 6.22. The number of carbonyl (C=O) groups is 1. The SMILES string of the molecule is CCn1c(SCC(=O)Nc2cc3oc4ccccc4c3cc2OC)nnc1-c1cccnc1. The van der Waals surface area contributed by atoms with E-state index < -0.39 is 0 Å². The minimum atomic E-state index is -0.178. The second-order valence-electron chi connectivity index (χ2n) is 7.28. The maximum absolute atomic E-state index is 12.8. The Balaban J connectivity index is 1.34. The zero-order valence-electron chi connectivity index (χ0n) is 18.1. The number of benzene rings is 2. The van der Waals surface area contributed by atoms with Crippen LogP contribution in [-0.4, -0.2) is 38.5 Å². The van der Waals surface area contributed by atoms with Crippen LogP contribution < -0.4 is 10.1 Å². The molecule has 166 valence electrons. The van der Waals surface area contributed by atoms with Crippen LogP contribution in [0.25, 0.3) is 33.3 Å². The second-order valence-corrected chi connectivity index (χ2v) is 8.22. The van der Waals surface area contributed by atoms with Crippen LogP contribution in [0.5, 0.6) is 5.75 Å². The number of thioether (sulfide) groups is 1. The third kappa shape index (κ3) is 4.03. The molecule has 0 unspecified atom stereocenters. The van der Waals surface area contributed by atoms with Crippen LogP contribution in [0.15, 0.2) is 70.5 Å². The molecule has 9 heteroatoms. The van der Waals surface area contributed by atoms with Crippen molar-refractivity contribution in [1.29, 1.82) is 0 Å². The Morgan fingerprint density at radius 1 is 1.12 bits per heavy atom. The van der Waals surface area contributed by atoms with Crippen molar-refractivity contribution in [3.05, 3.63) is 60.9 Å². The Hall–Kier alpha value is -3.85. The number of ether oxygens (including phenoxy) is 1. The second kappa shape index (κ2) is 8.95. The lowest BCUT2D eigenvalue weighted by atomic mass is 10.1. The lowest BCUT2D eigenvalue weighted by Crippen LogP contribution is -2.15. The van der Waals surface area contributed by atoms with Crippen molar-refractivity contribution in [2.24, 2.45) is 0 Å². The van der Waals surface area contributed by atoms with Crippen molar-refractivity contribution >= 4 is 45.3 Å². The summed E-state index contributed by atoms with van der Waals surface area (Å²) in [7, 11) is 1.58. The minimum absolute atomic E-state index is 0.173. The van der Waals surface area contributed by atoms with Crippen LogP contribution in [0.2, 0.25) is 0 Å². The molecule has 0 bridgehead atoms. The van der Waals surface area contributed by atoms with E-state index in [0.717, 1.165) is 27.7 Å². The molecular weight excluding hydrogens is 438 g/mol. The van der Waals surface area contributed by atoms with Gasteiger partial charge >= 0.3 is 0 Å². The maximum Gasteiger partial charge on any atom is 0.234 e. The van der Waals surface area contributed by atoms with E-state index in [1.807, 2.05) is 54.0 Å². The van der Waals surface area contributed by atoms with Gasteiger partial charge in [-0.2, -0.15) is 0 Å². The molecule has 0 radical (unpaired) electrons. The van der Waals surface area contributed by atoms with E-state index in [2.05, 4.69) is 20.5 Å². The smallest absolute Gasteiger partial charge is 0.234 e. The number of nitrogens with one attached hydrogen (secondary N) is 1. The summed E-state index contributed by atoms with van der Waals surface area (Å²) in [6, 6.07) is 15.3. The van der Waals surface area contributed by atoms with Crippen molar-refractivity contribution in [3.8, 4) is 17.1 Å². The van der Waals surface area contributed by atoms with Crippen LogP contribution in [0.4, 0.5) is 5.69 Å². The minimum Gasteiger partial charge on any atom is -0.495 e. The Morgan fingerprint density at radius 2 is 2.00 bits per heavy atom. The lowest BCUT2D eigenvalue weighted by Gasteiger charge is -2.11. The summed E-state index contributed by atoms with van der Waals surface area (Å²) < 4.78 is 13.4. The monoisotopic (exact) mass is 459 g/mol. The van der Waals surface area contributed by atoms with Gasteiger partial charge in [0.15, 0.2) is 11.0 Å². The van der Waals surface area contributed by atoms with Crippen LogP contribution >= 0.6 is 11.8 Å². The van der Waals surface area contributed by atoms with Gasteiger partial charge in [-0.1, -0.05) is 30.0 Å². The standard InChI is InChI=1S/C24H21N5O3S/c1-3-29-23(15-7-6-10-25-13-15)27-28-24(29)33-14-22(30)26-18-12-20-17(11-21(18)31-2)16-8-4-5-9-19(16)32-20/h4-13H,3,14H2,1-2H3,(H,26,30). The number of para-hydroxylation sites is 1. The van der Waals surface area contributed by atoms with Crippen molar-refractivity contribution in [1.82, 2.24) is 19.7 Å². The average Bonchev–Trinajstić information content (AvgIpc) is 3.43. The largest absolute Gasteiger partial charge is 0.495 e. The third-order valence-electron chi connectivity index (χ3n) is 5.26. The summed E-state index contributed by atoms with van der Waals surface area (Å²) >= 11 is 1.33. The number of amides is 1. The zero-order chi connectivity index (χ0) is 22.8. The molecule has 0 aliphatic carbocycles. The van der Waals surface area contributed by atoms with Gasteiger partial charge < -0.3 is 19.0 Å². The normalized spacial score (nSPS) is 11.2. The predicted molar refractivity (Wildman–Crippen MR) is 129 cm³/mol. The average molecular weight is 460 g/mol. The lowest BCUT2D eigenvalue weighted by molar-refractivity contribution is -0.113. The van der Waals surface area contributed by atoms with Gasteiger partial charge in [-0.15, -0.1) is 10.2 Å². The number of hydrogen-bond acceptors (Lipinski definition) is 7. The topological polar surface area (TPSA) is 95.1 Å². The first-order valence-electron chi connectivity index (χ1n) is 10.4. The van der Waals surface area contributed by atoms with Gasteiger partial charge in [0.2, 0.25) is 5.91 Å². The highest BCUT2D eigenvalue weighted by Gasteiger charge is 2.17. The fourth-order valence-electron chi connectivity index (χ4n) is 3.72. The van der Waals surface area contributed by atoms with Gasteiger partial charge in [0.1, 0.15) is 16.9 Å². The molecule has 8 nitrogen and oxygen atoms in total. The molecule has 0 saturated heterocycles. The summed E-state index contributed by atoms with van der Waals surface area (Å²) in [5.41, 5.74) is 2.92. The maximum atomic E-state index is 12.8. The number of fused-ring (bicyclic) bond motifs is 3. The Bertz CT molecular complexity index is 1450.